The van der Waals surface area contributed by atoms with Gasteiger partial charge in [-0.05, 0) is 52.6 Å². The van der Waals surface area contributed by atoms with Crippen molar-refractivity contribution in [3.8, 4) is 56.4 Å². The van der Waals surface area contributed by atoms with E-state index in [-0.39, 0.29) is 34.6 Å². The number of hydrogen-bond acceptors (Lipinski definition) is 4. The van der Waals surface area contributed by atoms with Crippen LogP contribution in [0.3, 0.4) is 0 Å². The molecule has 2 aromatic heterocycles. The van der Waals surface area contributed by atoms with Gasteiger partial charge in [0.25, 0.3) is 0 Å². The van der Waals surface area contributed by atoms with Crippen LogP contribution in [0.5, 0.6) is 0 Å². The van der Waals surface area contributed by atoms with Crippen molar-refractivity contribution >= 4 is 21.9 Å². The van der Waals surface area contributed by atoms with Gasteiger partial charge in [0.15, 0.2) is 17.5 Å². The van der Waals surface area contributed by atoms with E-state index in [9.17, 15) is 0 Å². The number of furan rings is 1. The van der Waals surface area contributed by atoms with E-state index in [1.165, 1.54) is 6.07 Å². The van der Waals surface area contributed by atoms with Crippen molar-refractivity contribution < 1.29 is 16.8 Å². The standard InChI is InChI=1S/C39H25N3O/c1-3-11-26(12-4-1)37-40-38(27-13-5-2-6-14-27)42-39(41-37)32-18-10-17-30(24-32)28-15-9-16-29(23-28)31-21-22-34-33-19-7-8-20-35(33)43-36(34)25-31/h1-25H/i1D,2D,3D,4D,5D,6D,11D,12D,13D. The lowest BCUT2D eigenvalue weighted by molar-refractivity contribution is 0.669. The molecule has 0 bridgehead atoms. The topological polar surface area (TPSA) is 51.8 Å². The summed E-state index contributed by atoms with van der Waals surface area (Å²) in [6, 6.07) is 26.3. The van der Waals surface area contributed by atoms with Gasteiger partial charge in [-0.25, -0.2) is 15.0 Å². The molecular weight excluding hydrogens is 526 g/mol. The Morgan fingerprint density at radius 2 is 0.953 bits per heavy atom. The maximum atomic E-state index is 8.57. The van der Waals surface area contributed by atoms with E-state index >= 15 is 0 Å². The molecule has 0 aliphatic rings. The van der Waals surface area contributed by atoms with Crippen molar-refractivity contribution in [1.29, 1.82) is 0 Å². The second-order valence-electron chi connectivity index (χ2n) is 9.85. The number of hydrogen-bond donors (Lipinski definition) is 0. The average Bonchev–Trinajstić information content (AvgIpc) is 3.55. The molecule has 0 saturated carbocycles. The molecule has 2 heterocycles. The highest BCUT2D eigenvalue weighted by Gasteiger charge is 2.13. The molecule has 8 aromatic rings. The van der Waals surface area contributed by atoms with Gasteiger partial charge in [0.2, 0.25) is 0 Å². The lowest BCUT2D eigenvalue weighted by Gasteiger charge is -2.10. The van der Waals surface area contributed by atoms with E-state index in [0.717, 1.165) is 44.2 Å². The molecule has 6 aromatic carbocycles. The Morgan fingerprint density at radius 3 is 1.72 bits per heavy atom. The van der Waals surface area contributed by atoms with Gasteiger partial charge in [-0.3, -0.25) is 0 Å². The van der Waals surface area contributed by atoms with E-state index < -0.39 is 48.3 Å². The molecule has 0 aliphatic heterocycles. The Kier molecular flexibility index (Phi) is 4.20. The molecule has 0 fully saturated rings. The van der Waals surface area contributed by atoms with Crippen LogP contribution in [0.2, 0.25) is 0 Å². The minimum Gasteiger partial charge on any atom is -0.456 e. The molecule has 0 radical (unpaired) electrons. The van der Waals surface area contributed by atoms with Gasteiger partial charge in [0.1, 0.15) is 11.2 Å². The first kappa shape index (κ1) is 17.2. The number of rotatable bonds is 5. The fourth-order valence-electron chi connectivity index (χ4n) is 5.12. The van der Waals surface area contributed by atoms with Crippen molar-refractivity contribution in [3.05, 3.63) is 151 Å². The number of nitrogens with zero attached hydrogens (tertiary/aromatic N) is 3. The van der Waals surface area contributed by atoms with Crippen molar-refractivity contribution in [2.24, 2.45) is 0 Å². The molecule has 0 spiro atoms. The second-order valence-corrected chi connectivity index (χ2v) is 9.85. The Balaban J connectivity index is 1.26. The van der Waals surface area contributed by atoms with Crippen LogP contribution in [-0.4, -0.2) is 15.0 Å². The largest absolute Gasteiger partial charge is 0.456 e. The maximum absolute atomic E-state index is 8.57. The Bertz CT molecular complexity index is 2740. The van der Waals surface area contributed by atoms with E-state index in [2.05, 4.69) is 33.2 Å². The molecule has 0 N–H and O–H groups in total. The van der Waals surface area contributed by atoms with Crippen LogP contribution in [0, 0.1) is 0 Å². The summed E-state index contributed by atoms with van der Waals surface area (Å²) >= 11 is 0. The summed E-state index contributed by atoms with van der Waals surface area (Å²) in [5.41, 5.74) is 5.47. The monoisotopic (exact) mass is 560 g/mol. The van der Waals surface area contributed by atoms with Crippen molar-refractivity contribution in [2.45, 2.75) is 0 Å². The summed E-state index contributed by atoms with van der Waals surface area (Å²) in [5.74, 6) is -0.308. The highest BCUT2D eigenvalue weighted by molar-refractivity contribution is 6.05. The fourth-order valence-corrected chi connectivity index (χ4v) is 5.12. The molecule has 0 unspecified atom stereocenters. The normalized spacial score (nSPS) is 14.2. The third-order valence-electron chi connectivity index (χ3n) is 7.18. The first-order valence-corrected chi connectivity index (χ1v) is 13.5. The summed E-state index contributed by atoms with van der Waals surface area (Å²) < 4.78 is 80.7. The van der Waals surface area contributed by atoms with Gasteiger partial charge in [-0.15, -0.1) is 0 Å². The minimum absolute atomic E-state index is 0.0338. The van der Waals surface area contributed by atoms with Crippen LogP contribution in [0.25, 0.3) is 78.4 Å². The molecule has 0 amide bonds. The zero-order chi connectivity index (χ0) is 36.4. The number of para-hydroxylation sites is 1. The first-order valence-electron chi connectivity index (χ1n) is 18.0. The number of aromatic nitrogens is 3. The molecule has 202 valence electrons. The predicted octanol–water partition coefficient (Wildman–Crippen LogP) is 10.1. The summed E-state index contributed by atoms with van der Waals surface area (Å²) in [6.07, 6.45) is 0. The van der Waals surface area contributed by atoms with Gasteiger partial charge in [0, 0.05) is 27.5 Å². The van der Waals surface area contributed by atoms with Crippen molar-refractivity contribution in [2.75, 3.05) is 0 Å². The van der Waals surface area contributed by atoms with Gasteiger partial charge in [-0.1, -0.05) is 121 Å². The SMILES string of the molecule is [2H]c1cc(-c2nc(-c3cccc(-c4cccc(-c5ccc6c(c5)oc5ccccc56)c4)c3)nc(-c3c([2H])c([2H])c([2H])c([2H])c3[2H])n2)c([2H])c([2H])c1[2H]. The maximum Gasteiger partial charge on any atom is 0.164 e. The average molecular weight is 561 g/mol. The van der Waals surface area contributed by atoms with Crippen LogP contribution in [0.4, 0.5) is 0 Å². The lowest BCUT2D eigenvalue weighted by atomic mass is 9.97. The molecule has 0 saturated heterocycles. The van der Waals surface area contributed by atoms with E-state index in [1.54, 1.807) is 6.07 Å². The quantitative estimate of drug-likeness (QED) is 0.210. The molecule has 43 heavy (non-hydrogen) atoms. The molecule has 0 aliphatic carbocycles. The molecule has 4 heteroatoms. The summed E-state index contributed by atoms with van der Waals surface area (Å²) in [6.45, 7) is 0. The zero-order valence-corrected chi connectivity index (χ0v) is 22.5. The minimum atomic E-state index is -0.571. The van der Waals surface area contributed by atoms with E-state index in [1.807, 2.05) is 66.7 Å². The van der Waals surface area contributed by atoms with Crippen LogP contribution in [-0.2, 0) is 0 Å². The molecule has 0 atom stereocenters. The highest BCUT2D eigenvalue weighted by Crippen LogP contribution is 2.34. The van der Waals surface area contributed by atoms with E-state index in [4.69, 9.17) is 16.8 Å². The number of fused-ring (bicyclic) bond motifs is 3. The van der Waals surface area contributed by atoms with Crippen molar-refractivity contribution in [1.82, 2.24) is 15.0 Å². The first-order chi connectivity index (χ1) is 25.0. The molecule has 4 nitrogen and oxygen atoms in total. The smallest absolute Gasteiger partial charge is 0.164 e. The Hall–Kier alpha value is -5.87. The van der Waals surface area contributed by atoms with Gasteiger partial charge in [0.05, 0.1) is 12.3 Å². The summed E-state index contributed by atoms with van der Waals surface area (Å²) in [7, 11) is 0. The summed E-state index contributed by atoms with van der Waals surface area (Å²) in [5, 5.41) is 2.09. The molecule has 8 rings (SSSR count). The fraction of sp³-hybridized carbons (Fsp3) is 0. The number of benzene rings is 6. The predicted molar refractivity (Wildman–Crippen MR) is 174 cm³/mol. The Morgan fingerprint density at radius 1 is 0.395 bits per heavy atom. The third kappa shape index (κ3) is 4.75. The van der Waals surface area contributed by atoms with Crippen LogP contribution >= 0.6 is 0 Å². The molecular formula is C39H25N3O. The highest BCUT2D eigenvalue weighted by atomic mass is 16.3. The zero-order valence-electron chi connectivity index (χ0n) is 31.5. The van der Waals surface area contributed by atoms with Crippen LogP contribution in [0.15, 0.2) is 156 Å². The van der Waals surface area contributed by atoms with E-state index in [0.29, 0.717) is 5.56 Å². The van der Waals surface area contributed by atoms with Crippen LogP contribution in [0.1, 0.15) is 12.3 Å². The summed E-state index contributed by atoms with van der Waals surface area (Å²) in [4.78, 5) is 13.6. The van der Waals surface area contributed by atoms with Gasteiger partial charge < -0.3 is 4.42 Å². The van der Waals surface area contributed by atoms with Gasteiger partial charge in [-0.2, -0.15) is 0 Å². The van der Waals surface area contributed by atoms with Crippen molar-refractivity contribution in [3.63, 3.8) is 0 Å². The lowest BCUT2D eigenvalue weighted by Crippen LogP contribution is -2.00. The Labute approximate surface area is 261 Å². The van der Waals surface area contributed by atoms with Crippen LogP contribution < -0.4 is 0 Å². The second kappa shape index (κ2) is 10.5. The van der Waals surface area contributed by atoms with Gasteiger partial charge >= 0.3 is 0 Å². The third-order valence-corrected chi connectivity index (χ3v) is 7.18.